The van der Waals surface area contributed by atoms with Crippen molar-refractivity contribution in [3.63, 3.8) is 0 Å². The molecule has 3 heterocycles. The standard InChI is InChI=1S/C17H26N6O2/c1-4-22-9-10-25-14(16(22)17-19-5-7-21(17)3)11-20-15(24)12-23-8-6-18-13(23)2/h5-8,14,16H,4,9-12H2,1-3H3,(H,20,24)/t14-,16+/m0/s1. The van der Waals surface area contributed by atoms with Crippen molar-refractivity contribution in [1.82, 2.24) is 29.3 Å². The lowest BCUT2D eigenvalue weighted by Crippen LogP contribution is -2.50. The number of carbonyl (C=O) groups is 1. The summed E-state index contributed by atoms with van der Waals surface area (Å²) in [5, 5.41) is 3.00. The number of amides is 1. The fourth-order valence-corrected chi connectivity index (χ4v) is 3.30. The Morgan fingerprint density at radius 1 is 1.36 bits per heavy atom. The lowest BCUT2D eigenvalue weighted by atomic mass is 10.1. The lowest BCUT2D eigenvalue weighted by molar-refractivity contribution is -0.124. The van der Waals surface area contributed by atoms with Gasteiger partial charge in [-0.25, -0.2) is 9.97 Å². The first-order chi connectivity index (χ1) is 12.1. The van der Waals surface area contributed by atoms with Crippen LogP contribution in [0.1, 0.15) is 24.6 Å². The van der Waals surface area contributed by atoms with Crippen LogP contribution in [0, 0.1) is 6.92 Å². The summed E-state index contributed by atoms with van der Waals surface area (Å²) in [7, 11) is 1.99. The van der Waals surface area contributed by atoms with Crippen LogP contribution < -0.4 is 5.32 Å². The summed E-state index contributed by atoms with van der Waals surface area (Å²) >= 11 is 0. The number of imidazole rings is 2. The summed E-state index contributed by atoms with van der Waals surface area (Å²) in [5.74, 6) is 1.75. The molecule has 8 heteroatoms. The van der Waals surface area contributed by atoms with Crippen molar-refractivity contribution >= 4 is 5.91 Å². The number of hydrogen-bond acceptors (Lipinski definition) is 5. The lowest BCUT2D eigenvalue weighted by Gasteiger charge is -2.40. The number of hydrogen-bond donors (Lipinski definition) is 1. The first kappa shape index (κ1) is 17.6. The molecular formula is C17H26N6O2. The molecule has 1 amide bonds. The van der Waals surface area contributed by atoms with Crippen LogP contribution in [0.25, 0.3) is 0 Å². The molecule has 8 nitrogen and oxygen atoms in total. The second-order valence-electron chi connectivity index (χ2n) is 6.29. The molecule has 136 valence electrons. The highest BCUT2D eigenvalue weighted by Crippen LogP contribution is 2.27. The van der Waals surface area contributed by atoms with Crippen LogP contribution in [0.3, 0.4) is 0 Å². The van der Waals surface area contributed by atoms with Crippen molar-refractivity contribution in [2.75, 3.05) is 26.2 Å². The molecule has 1 aliphatic rings. The van der Waals surface area contributed by atoms with E-state index in [-0.39, 0.29) is 24.6 Å². The highest BCUT2D eigenvalue weighted by Gasteiger charge is 2.35. The number of nitrogens with zero attached hydrogens (tertiary/aromatic N) is 5. The first-order valence-electron chi connectivity index (χ1n) is 8.67. The van der Waals surface area contributed by atoms with E-state index in [4.69, 9.17) is 4.74 Å². The summed E-state index contributed by atoms with van der Waals surface area (Å²) in [6.07, 6.45) is 7.12. The Kier molecular flexibility index (Phi) is 5.50. The average Bonchev–Trinajstić information content (AvgIpc) is 3.21. The minimum Gasteiger partial charge on any atom is -0.373 e. The van der Waals surface area contributed by atoms with Gasteiger partial charge in [-0.1, -0.05) is 6.92 Å². The first-order valence-corrected chi connectivity index (χ1v) is 8.67. The molecule has 3 rings (SSSR count). The van der Waals surface area contributed by atoms with E-state index in [1.807, 2.05) is 35.5 Å². The number of rotatable bonds is 6. The van der Waals surface area contributed by atoms with Crippen molar-refractivity contribution in [2.45, 2.75) is 32.5 Å². The van der Waals surface area contributed by atoms with E-state index >= 15 is 0 Å². The largest absolute Gasteiger partial charge is 0.373 e. The third-order valence-electron chi connectivity index (χ3n) is 4.72. The predicted molar refractivity (Wildman–Crippen MR) is 92.9 cm³/mol. The van der Waals surface area contributed by atoms with Crippen LogP contribution >= 0.6 is 0 Å². The summed E-state index contributed by atoms with van der Waals surface area (Å²) in [5.41, 5.74) is 0. The molecule has 0 spiro atoms. The van der Waals surface area contributed by atoms with Crippen molar-refractivity contribution in [3.8, 4) is 0 Å². The fourth-order valence-electron chi connectivity index (χ4n) is 3.30. The average molecular weight is 346 g/mol. The molecule has 0 unspecified atom stereocenters. The third kappa shape index (κ3) is 3.91. The molecule has 1 fully saturated rings. The highest BCUT2D eigenvalue weighted by atomic mass is 16.5. The van der Waals surface area contributed by atoms with Crippen molar-refractivity contribution in [1.29, 1.82) is 0 Å². The van der Waals surface area contributed by atoms with Gasteiger partial charge >= 0.3 is 0 Å². The number of aromatic nitrogens is 4. The molecule has 0 saturated carbocycles. The van der Waals surface area contributed by atoms with E-state index in [9.17, 15) is 4.79 Å². The number of carbonyl (C=O) groups excluding carboxylic acids is 1. The van der Waals surface area contributed by atoms with Crippen LogP contribution in [-0.4, -0.2) is 62.3 Å². The quantitative estimate of drug-likeness (QED) is 0.824. The van der Waals surface area contributed by atoms with Gasteiger partial charge in [-0.15, -0.1) is 0 Å². The number of likely N-dealkylation sites (N-methyl/N-ethyl adjacent to an activating group) is 1. The van der Waals surface area contributed by atoms with E-state index in [2.05, 4.69) is 27.1 Å². The Hall–Kier alpha value is -2.19. The van der Waals surface area contributed by atoms with E-state index < -0.39 is 0 Å². The van der Waals surface area contributed by atoms with Gasteiger partial charge in [-0.05, 0) is 13.5 Å². The number of nitrogens with one attached hydrogen (secondary N) is 1. The van der Waals surface area contributed by atoms with Crippen LogP contribution in [0.2, 0.25) is 0 Å². The number of ether oxygens (including phenoxy) is 1. The van der Waals surface area contributed by atoms with E-state index in [1.165, 1.54) is 0 Å². The van der Waals surface area contributed by atoms with Gasteiger partial charge in [0, 0.05) is 44.9 Å². The summed E-state index contributed by atoms with van der Waals surface area (Å²) in [4.78, 5) is 23.3. The Bertz CT molecular complexity index is 710. The van der Waals surface area contributed by atoms with Crippen molar-refractivity contribution in [2.24, 2.45) is 7.05 Å². The fraction of sp³-hybridized carbons (Fsp3) is 0.588. The van der Waals surface area contributed by atoms with Gasteiger partial charge < -0.3 is 19.2 Å². The molecule has 2 atom stereocenters. The van der Waals surface area contributed by atoms with Crippen molar-refractivity contribution in [3.05, 3.63) is 36.4 Å². The molecule has 25 heavy (non-hydrogen) atoms. The van der Waals surface area contributed by atoms with Gasteiger partial charge in [0.25, 0.3) is 0 Å². The summed E-state index contributed by atoms with van der Waals surface area (Å²) in [6, 6.07) is 0.0361. The van der Waals surface area contributed by atoms with Crippen LogP contribution in [0.4, 0.5) is 0 Å². The minimum atomic E-state index is -0.123. The molecule has 0 radical (unpaired) electrons. The Balaban J connectivity index is 1.66. The maximum Gasteiger partial charge on any atom is 0.240 e. The topological polar surface area (TPSA) is 77.2 Å². The molecule has 2 aromatic rings. The van der Waals surface area contributed by atoms with Crippen molar-refractivity contribution < 1.29 is 9.53 Å². The molecule has 1 saturated heterocycles. The van der Waals surface area contributed by atoms with Gasteiger partial charge in [0.15, 0.2) is 0 Å². The Morgan fingerprint density at radius 2 is 2.16 bits per heavy atom. The summed E-state index contributed by atoms with van der Waals surface area (Å²) < 4.78 is 9.83. The third-order valence-corrected chi connectivity index (χ3v) is 4.72. The molecular weight excluding hydrogens is 320 g/mol. The molecule has 0 aliphatic carbocycles. The van der Waals surface area contributed by atoms with Gasteiger partial charge in [0.05, 0.1) is 18.8 Å². The van der Waals surface area contributed by atoms with Crippen LogP contribution in [-0.2, 0) is 23.1 Å². The number of aryl methyl sites for hydroxylation is 2. The van der Waals surface area contributed by atoms with Gasteiger partial charge in [0.2, 0.25) is 5.91 Å². The summed E-state index contributed by atoms with van der Waals surface area (Å²) in [6.45, 7) is 7.19. The van der Waals surface area contributed by atoms with E-state index in [1.54, 1.807) is 12.4 Å². The molecule has 1 aliphatic heterocycles. The maximum absolute atomic E-state index is 12.3. The molecule has 0 aromatic carbocycles. The SMILES string of the molecule is CCN1CCO[C@@H](CNC(=O)Cn2ccnc2C)[C@@H]1c1nccn1C. The zero-order valence-electron chi connectivity index (χ0n) is 15.1. The second-order valence-corrected chi connectivity index (χ2v) is 6.29. The van der Waals surface area contributed by atoms with E-state index in [0.717, 1.165) is 24.7 Å². The zero-order chi connectivity index (χ0) is 17.8. The van der Waals surface area contributed by atoms with Crippen LogP contribution in [0.5, 0.6) is 0 Å². The minimum absolute atomic E-state index is 0.0361. The molecule has 2 aromatic heterocycles. The monoisotopic (exact) mass is 346 g/mol. The molecule has 0 bridgehead atoms. The predicted octanol–water partition coefficient (Wildman–Crippen LogP) is 0.503. The smallest absolute Gasteiger partial charge is 0.240 e. The van der Waals surface area contributed by atoms with Gasteiger partial charge in [-0.2, -0.15) is 0 Å². The van der Waals surface area contributed by atoms with Crippen LogP contribution in [0.15, 0.2) is 24.8 Å². The second kappa shape index (κ2) is 7.79. The normalized spacial score (nSPS) is 21.4. The van der Waals surface area contributed by atoms with E-state index in [0.29, 0.717) is 13.2 Å². The Morgan fingerprint density at radius 3 is 2.80 bits per heavy atom. The van der Waals surface area contributed by atoms with Gasteiger partial charge in [-0.3, -0.25) is 9.69 Å². The zero-order valence-corrected chi connectivity index (χ0v) is 15.1. The molecule has 1 N–H and O–H groups in total. The number of morpholine rings is 1. The Labute approximate surface area is 147 Å². The maximum atomic E-state index is 12.3. The van der Waals surface area contributed by atoms with Gasteiger partial charge in [0.1, 0.15) is 18.2 Å². The highest BCUT2D eigenvalue weighted by molar-refractivity contribution is 5.75.